The van der Waals surface area contributed by atoms with E-state index in [1.54, 1.807) is 24.5 Å². The fourth-order valence-corrected chi connectivity index (χ4v) is 4.22. The zero-order valence-electron chi connectivity index (χ0n) is 17.5. The number of phenols is 1. The highest BCUT2D eigenvalue weighted by atomic mass is 19.4. The lowest BCUT2D eigenvalue weighted by molar-refractivity contribution is -0.137. The van der Waals surface area contributed by atoms with Crippen molar-refractivity contribution in [3.05, 3.63) is 65.5 Å². The number of likely N-dealkylation sites (N-methyl/N-ethyl adjacent to an activating group) is 1. The molecular weight excluding hydrogens is 403 g/mol. The van der Waals surface area contributed by atoms with E-state index < -0.39 is 11.7 Å². The maximum Gasteiger partial charge on any atom is 0.416 e. The topological polar surface area (TPSA) is 39.6 Å². The van der Waals surface area contributed by atoms with Gasteiger partial charge in [-0.1, -0.05) is 25.1 Å². The van der Waals surface area contributed by atoms with Crippen LogP contribution in [0.25, 0.3) is 10.8 Å². The number of aromatic nitrogens is 1. The van der Waals surface area contributed by atoms with Crippen LogP contribution in [0.15, 0.2) is 48.8 Å². The number of hydrogen-bond acceptors (Lipinski definition) is 4. The molecule has 0 aliphatic carbocycles. The predicted molar refractivity (Wildman–Crippen MR) is 117 cm³/mol. The van der Waals surface area contributed by atoms with E-state index in [0.29, 0.717) is 31.6 Å². The summed E-state index contributed by atoms with van der Waals surface area (Å²) in [5.74, 6) is 0.213. The summed E-state index contributed by atoms with van der Waals surface area (Å²) in [5.41, 5.74) is 1.67. The van der Waals surface area contributed by atoms with Crippen LogP contribution in [-0.4, -0.2) is 47.7 Å². The Kier molecular flexibility index (Phi) is 6.05. The molecule has 164 valence electrons. The first kappa shape index (κ1) is 21.4. The van der Waals surface area contributed by atoms with Gasteiger partial charge in [0.25, 0.3) is 0 Å². The molecule has 31 heavy (non-hydrogen) atoms. The van der Waals surface area contributed by atoms with E-state index in [9.17, 15) is 18.3 Å². The average Bonchev–Trinajstić information content (AvgIpc) is 2.78. The summed E-state index contributed by atoms with van der Waals surface area (Å²) < 4.78 is 40.1. The molecule has 4 nitrogen and oxygen atoms in total. The van der Waals surface area contributed by atoms with Gasteiger partial charge >= 0.3 is 6.18 Å². The molecule has 1 aliphatic heterocycles. The Hall–Kier alpha value is -2.80. The van der Waals surface area contributed by atoms with Gasteiger partial charge in [0.2, 0.25) is 0 Å². The SMILES string of the molecule is CCN1CCN(c2cc(C(F)(F)F)ccc2CCc2ccc3cnccc3c2O)CC1. The van der Waals surface area contributed by atoms with Crippen LogP contribution in [0.2, 0.25) is 0 Å². The highest BCUT2D eigenvalue weighted by Crippen LogP contribution is 2.35. The molecular formula is C24H26F3N3O. The molecule has 3 aromatic rings. The number of aromatic hydroxyl groups is 1. The lowest BCUT2D eigenvalue weighted by Gasteiger charge is -2.37. The van der Waals surface area contributed by atoms with Crippen LogP contribution in [0, 0.1) is 0 Å². The Morgan fingerprint density at radius 1 is 0.968 bits per heavy atom. The smallest absolute Gasteiger partial charge is 0.416 e. The number of hydrogen-bond donors (Lipinski definition) is 1. The van der Waals surface area contributed by atoms with Gasteiger partial charge in [0.1, 0.15) is 5.75 Å². The van der Waals surface area contributed by atoms with E-state index in [1.165, 1.54) is 6.07 Å². The zero-order valence-corrected chi connectivity index (χ0v) is 17.5. The summed E-state index contributed by atoms with van der Waals surface area (Å²) in [7, 11) is 0. The molecule has 0 bridgehead atoms. The second kappa shape index (κ2) is 8.75. The summed E-state index contributed by atoms with van der Waals surface area (Å²) in [5, 5.41) is 12.2. The van der Waals surface area contributed by atoms with Crippen molar-refractivity contribution in [2.45, 2.75) is 25.9 Å². The van der Waals surface area contributed by atoms with Gasteiger partial charge in [-0.25, -0.2) is 0 Å². The maximum absolute atomic E-state index is 13.4. The first-order valence-electron chi connectivity index (χ1n) is 10.6. The monoisotopic (exact) mass is 429 g/mol. The van der Waals surface area contributed by atoms with Crippen LogP contribution in [-0.2, 0) is 19.0 Å². The second-order valence-corrected chi connectivity index (χ2v) is 7.93. The fraction of sp³-hybridized carbons (Fsp3) is 0.375. The number of aryl methyl sites for hydroxylation is 2. The molecule has 1 aromatic heterocycles. The minimum Gasteiger partial charge on any atom is -0.507 e. The normalized spacial score (nSPS) is 15.5. The standard InChI is InChI=1S/C24H26F3N3O/c1-2-29-11-13-30(14-12-29)22-15-20(24(25,26)27)8-7-17(22)3-4-18-5-6-19-16-28-10-9-21(19)23(18)31/h5-10,15-16,31H,2-4,11-14H2,1H3. The molecule has 1 saturated heterocycles. The van der Waals surface area contributed by atoms with Crippen LogP contribution >= 0.6 is 0 Å². The van der Waals surface area contributed by atoms with Gasteiger partial charge in [0.15, 0.2) is 0 Å². The van der Waals surface area contributed by atoms with Crippen LogP contribution in [0.3, 0.4) is 0 Å². The molecule has 1 fully saturated rings. The van der Waals surface area contributed by atoms with Gasteiger partial charge in [-0.05, 0) is 48.7 Å². The van der Waals surface area contributed by atoms with Crippen LogP contribution in [0.4, 0.5) is 18.9 Å². The van der Waals surface area contributed by atoms with E-state index in [1.807, 2.05) is 12.1 Å². The van der Waals surface area contributed by atoms with Crippen molar-refractivity contribution in [3.63, 3.8) is 0 Å². The number of nitrogens with zero attached hydrogens (tertiary/aromatic N) is 3. The largest absolute Gasteiger partial charge is 0.507 e. The highest BCUT2D eigenvalue weighted by Gasteiger charge is 2.32. The third-order valence-corrected chi connectivity index (χ3v) is 6.11. The summed E-state index contributed by atoms with van der Waals surface area (Å²) >= 11 is 0. The molecule has 0 atom stereocenters. The highest BCUT2D eigenvalue weighted by molar-refractivity contribution is 5.88. The molecule has 0 unspecified atom stereocenters. The molecule has 0 amide bonds. The number of rotatable bonds is 5. The Balaban J connectivity index is 1.61. The minimum atomic E-state index is -4.37. The second-order valence-electron chi connectivity index (χ2n) is 7.93. The molecule has 4 rings (SSSR count). The molecule has 1 N–H and O–H groups in total. The lowest BCUT2D eigenvalue weighted by Crippen LogP contribution is -2.46. The van der Waals surface area contributed by atoms with Gasteiger partial charge in [-0.3, -0.25) is 4.98 Å². The van der Waals surface area contributed by atoms with E-state index in [4.69, 9.17) is 0 Å². The van der Waals surface area contributed by atoms with Crippen molar-refractivity contribution in [3.8, 4) is 5.75 Å². The molecule has 2 heterocycles. The lowest BCUT2D eigenvalue weighted by atomic mass is 9.98. The summed E-state index contributed by atoms with van der Waals surface area (Å²) in [4.78, 5) is 8.42. The molecule has 0 radical (unpaired) electrons. The number of anilines is 1. The number of alkyl halides is 3. The van der Waals surface area contributed by atoms with E-state index in [2.05, 4.69) is 21.7 Å². The van der Waals surface area contributed by atoms with Crippen molar-refractivity contribution in [1.29, 1.82) is 0 Å². The van der Waals surface area contributed by atoms with Crippen molar-refractivity contribution in [2.24, 2.45) is 0 Å². The summed E-state index contributed by atoms with van der Waals surface area (Å²) in [6.45, 7) is 6.13. The first-order chi connectivity index (χ1) is 14.9. The van der Waals surface area contributed by atoms with E-state index >= 15 is 0 Å². The van der Waals surface area contributed by atoms with Gasteiger partial charge < -0.3 is 14.9 Å². The minimum absolute atomic E-state index is 0.213. The van der Waals surface area contributed by atoms with Crippen LogP contribution < -0.4 is 4.90 Å². The average molecular weight is 429 g/mol. The van der Waals surface area contributed by atoms with Crippen molar-refractivity contribution >= 4 is 16.5 Å². The van der Waals surface area contributed by atoms with Crippen molar-refractivity contribution < 1.29 is 18.3 Å². The van der Waals surface area contributed by atoms with Gasteiger partial charge in [0, 0.05) is 55.0 Å². The number of piperazine rings is 1. The number of pyridine rings is 1. The Labute approximate surface area is 179 Å². The van der Waals surface area contributed by atoms with Gasteiger partial charge in [0.05, 0.1) is 5.56 Å². The number of benzene rings is 2. The quantitative estimate of drug-likeness (QED) is 0.627. The van der Waals surface area contributed by atoms with Crippen LogP contribution in [0.1, 0.15) is 23.6 Å². The number of fused-ring (bicyclic) bond motifs is 1. The van der Waals surface area contributed by atoms with Crippen molar-refractivity contribution in [2.75, 3.05) is 37.6 Å². The molecule has 7 heteroatoms. The number of halogens is 3. The molecule has 0 saturated carbocycles. The Morgan fingerprint density at radius 3 is 2.39 bits per heavy atom. The molecule has 2 aromatic carbocycles. The summed E-state index contributed by atoms with van der Waals surface area (Å²) in [6.07, 6.45) is 0.0463. The summed E-state index contributed by atoms with van der Waals surface area (Å²) in [6, 6.07) is 9.57. The fourth-order valence-electron chi connectivity index (χ4n) is 4.22. The van der Waals surface area contributed by atoms with Gasteiger partial charge in [-0.15, -0.1) is 0 Å². The third kappa shape index (κ3) is 4.61. The maximum atomic E-state index is 13.4. The zero-order chi connectivity index (χ0) is 22.0. The molecule has 1 aliphatic rings. The van der Waals surface area contributed by atoms with Crippen LogP contribution in [0.5, 0.6) is 5.75 Å². The predicted octanol–water partition coefficient (Wildman–Crippen LogP) is 4.89. The Bertz CT molecular complexity index is 1060. The Morgan fingerprint density at radius 2 is 1.68 bits per heavy atom. The van der Waals surface area contributed by atoms with Gasteiger partial charge in [-0.2, -0.15) is 13.2 Å². The van der Waals surface area contributed by atoms with Crippen molar-refractivity contribution in [1.82, 2.24) is 9.88 Å². The van der Waals surface area contributed by atoms with E-state index in [0.717, 1.165) is 47.6 Å². The first-order valence-corrected chi connectivity index (χ1v) is 10.6. The third-order valence-electron chi connectivity index (χ3n) is 6.11. The number of phenolic OH excluding ortho intramolecular Hbond substituents is 1. The van der Waals surface area contributed by atoms with E-state index in [-0.39, 0.29) is 5.75 Å². The molecule has 0 spiro atoms.